The summed E-state index contributed by atoms with van der Waals surface area (Å²) >= 11 is 0. The molecule has 0 aromatic rings. The van der Waals surface area contributed by atoms with Gasteiger partial charge in [0.25, 0.3) is 0 Å². The van der Waals surface area contributed by atoms with Crippen LogP contribution in [-0.2, 0) is 9.47 Å². The average molecular weight is 693 g/mol. The SMILES string of the molecule is C=C(CCCCCCC/C=C\CCCCCCCC)OCC(C)O.C=C(CCCCCCC/C=C\CCCCCCCC)OCC(O)CO. The number of ether oxygens (including phenoxy) is 2. The van der Waals surface area contributed by atoms with Crippen LogP contribution >= 0.6 is 0 Å². The lowest BCUT2D eigenvalue weighted by atomic mass is 10.1. The van der Waals surface area contributed by atoms with E-state index in [1.807, 2.05) is 0 Å². The molecule has 0 fully saturated rings. The Morgan fingerprint density at radius 3 is 1.12 bits per heavy atom. The Morgan fingerprint density at radius 2 is 0.796 bits per heavy atom. The Kier molecular flexibility index (Phi) is 43.1. The van der Waals surface area contributed by atoms with E-state index < -0.39 is 12.2 Å². The fourth-order valence-corrected chi connectivity index (χ4v) is 5.44. The van der Waals surface area contributed by atoms with Crippen LogP contribution in [0.3, 0.4) is 0 Å². The molecule has 290 valence electrons. The normalized spacial score (nSPS) is 12.6. The molecule has 0 aliphatic carbocycles. The van der Waals surface area contributed by atoms with E-state index in [4.69, 9.17) is 19.7 Å². The summed E-state index contributed by atoms with van der Waals surface area (Å²) < 4.78 is 10.7. The van der Waals surface area contributed by atoms with Crippen LogP contribution in [0, 0.1) is 0 Å². The Labute approximate surface area is 305 Å². The largest absolute Gasteiger partial charge is 0.496 e. The summed E-state index contributed by atoms with van der Waals surface area (Å²) in [5.41, 5.74) is 0. The molecule has 0 bridgehead atoms. The van der Waals surface area contributed by atoms with E-state index in [9.17, 15) is 5.11 Å². The number of hydrogen-bond donors (Lipinski definition) is 3. The first-order chi connectivity index (χ1) is 23.9. The summed E-state index contributed by atoms with van der Waals surface area (Å²) in [4.78, 5) is 0. The van der Waals surface area contributed by atoms with Crippen molar-refractivity contribution in [3.05, 3.63) is 49.0 Å². The number of unbranched alkanes of at least 4 members (excludes halogenated alkanes) is 22. The standard InChI is InChI=1S/C22H42O3.C22H42O2/c1-3-4-5-6-7-8-9-10-11-12-13-14-15-16-17-18-21(2)25-20-22(24)19-23;1-4-5-6-7-8-9-10-11-12-13-14-15-16-17-18-19-22(3)24-20-21(2)23/h10-11,22-24H,2-9,12-20H2,1H3;11-12,21,23H,3-10,13-20H2,1-2H3/b11-10-;12-11-. The molecule has 0 rings (SSSR count). The Hall–Kier alpha value is -1.56. The molecule has 2 atom stereocenters. The summed E-state index contributed by atoms with van der Waals surface area (Å²) in [6.07, 6.45) is 44.0. The lowest BCUT2D eigenvalue weighted by Gasteiger charge is -2.11. The average Bonchev–Trinajstić information content (AvgIpc) is 3.09. The fourth-order valence-electron chi connectivity index (χ4n) is 5.44. The maximum Gasteiger partial charge on any atom is 0.116 e. The zero-order valence-corrected chi connectivity index (χ0v) is 33.0. The highest BCUT2D eigenvalue weighted by atomic mass is 16.5. The van der Waals surface area contributed by atoms with E-state index >= 15 is 0 Å². The van der Waals surface area contributed by atoms with Gasteiger partial charge in [-0.15, -0.1) is 0 Å². The highest BCUT2D eigenvalue weighted by Crippen LogP contribution is 2.14. The van der Waals surface area contributed by atoms with Gasteiger partial charge in [-0.25, -0.2) is 0 Å². The quantitative estimate of drug-likeness (QED) is 0.0343. The maximum atomic E-state index is 9.19. The van der Waals surface area contributed by atoms with Crippen LogP contribution in [0.5, 0.6) is 0 Å². The van der Waals surface area contributed by atoms with Crippen molar-refractivity contribution >= 4 is 0 Å². The molecule has 3 N–H and O–H groups in total. The highest BCUT2D eigenvalue weighted by molar-refractivity contribution is 4.84. The topological polar surface area (TPSA) is 79.2 Å². The third kappa shape index (κ3) is 46.4. The van der Waals surface area contributed by atoms with Crippen LogP contribution in [0.25, 0.3) is 0 Å². The van der Waals surface area contributed by atoms with Crippen LogP contribution < -0.4 is 0 Å². The van der Waals surface area contributed by atoms with E-state index in [-0.39, 0.29) is 13.2 Å². The first-order valence-electron chi connectivity index (χ1n) is 20.7. The van der Waals surface area contributed by atoms with Crippen LogP contribution in [0.4, 0.5) is 0 Å². The van der Waals surface area contributed by atoms with Crippen molar-refractivity contribution in [2.24, 2.45) is 0 Å². The van der Waals surface area contributed by atoms with Gasteiger partial charge in [0.2, 0.25) is 0 Å². The van der Waals surface area contributed by atoms with Crippen molar-refractivity contribution in [3.8, 4) is 0 Å². The minimum absolute atomic E-state index is 0.139. The molecule has 0 aliphatic heterocycles. The van der Waals surface area contributed by atoms with Gasteiger partial charge in [0.1, 0.15) is 19.3 Å². The van der Waals surface area contributed by atoms with E-state index in [0.29, 0.717) is 12.4 Å². The predicted molar refractivity (Wildman–Crippen MR) is 214 cm³/mol. The molecule has 0 aromatic heterocycles. The van der Waals surface area contributed by atoms with E-state index in [2.05, 4.69) is 51.3 Å². The molecule has 0 amide bonds. The number of aliphatic hydroxyl groups is 3. The molecule has 5 heteroatoms. The summed E-state index contributed by atoms with van der Waals surface area (Å²) in [5, 5.41) is 27.0. The van der Waals surface area contributed by atoms with Crippen molar-refractivity contribution in [2.45, 2.75) is 213 Å². The Morgan fingerprint density at radius 1 is 0.490 bits per heavy atom. The fraction of sp³-hybridized carbons (Fsp3) is 0.818. The molecule has 5 nitrogen and oxygen atoms in total. The van der Waals surface area contributed by atoms with Gasteiger partial charge in [0, 0.05) is 12.8 Å². The third-order valence-corrected chi connectivity index (χ3v) is 8.65. The number of allylic oxidation sites excluding steroid dienone is 6. The highest BCUT2D eigenvalue weighted by Gasteiger charge is 2.03. The summed E-state index contributed by atoms with van der Waals surface area (Å²) in [7, 11) is 0. The van der Waals surface area contributed by atoms with Crippen LogP contribution in [-0.4, -0.2) is 47.3 Å². The van der Waals surface area contributed by atoms with Gasteiger partial charge in [-0.05, 0) is 71.1 Å². The van der Waals surface area contributed by atoms with Crippen LogP contribution in [0.2, 0.25) is 0 Å². The second-order valence-electron chi connectivity index (χ2n) is 14.1. The van der Waals surface area contributed by atoms with Crippen LogP contribution in [0.15, 0.2) is 49.0 Å². The van der Waals surface area contributed by atoms with E-state index in [0.717, 1.165) is 31.4 Å². The van der Waals surface area contributed by atoms with Gasteiger partial charge in [-0.3, -0.25) is 0 Å². The summed E-state index contributed by atoms with van der Waals surface area (Å²) in [6, 6.07) is 0. The third-order valence-electron chi connectivity index (χ3n) is 8.65. The summed E-state index contributed by atoms with van der Waals surface area (Å²) in [5.74, 6) is 1.53. The second kappa shape index (κ2) is 42.6. The Bertz CT molecular complexity index is 729. The zero-order chi connectivity index (χ0) is 36.5. The lowest BCUT2D eigenvalue weighted by Crippen LogP contribution is -2.18. The summed E-state index contributed by atoms with van der Waals surface area (Å²) in [6.45, 7) is 14.2. The lowest BCUT2D eigenvalue weighted by molar-refractivity contribution is 0.0284. The number of hydrogen-bond acceptors (Lipinski definition) is 5. The molecular formula is C44H84O5. The van der Waals surface area contributed by atoms with Crippen molar-refractivity contribution in [1.82, 2.24) is 0 Å². The van der Waals surface area contributed by atoms with Crippen molar-refractivity contribution < 1.29 is 24.8 Å². The second-order valence-corrected chi connectivity index (χ2v) is 14.1. The molecule has 0 saturated carbocycles. The van der Waals surface area contributed by atoms with Crippen molar-refractivity contribution in [3.63, 3.8) is 0 Å². The molecule has 0 saturated heterocycles. The molecule has 0 heterocycles. The van der Waals surface area contributed by atoms with Gasteiger partial charge in [0.15, 0.2) is 0 Å². The maximum absolute atomic E-state index is 9.19. The Balaban J connectivity index is 0. The van der Waals surface area contributed by atoms with Gasteiger partial charge in [0.05, 0.1) is 24.2 Å². The van der Waals surface area contributed by atoms with Gasteiger partial charge < -0.3 is 24.8 Å². The molecule has 0 aliphatic rings. The first-order valence-corrected chi connectivity index (χ1v) is 20.7. The van der Waals surface area contributed by atoms with E-state index in [1.165, 1.54) is 154 Å². The smallest absolute Gasteiger partial charge is 0.116 e. The predicted octanol–water partition coefficient (Wildman–Crippen LogP) is 12.8. The van der Waals surface area contributed by atoms with Gasteiger partial charge in [-0.1, -0.05) is 154 Å². The molecule has 0 spiro atoms. The minimum atomic E-state index is -0.800. The molecule has 2 unspecified atom stereocenters. The van der Waals surface area contributed by atoms with Gasteiger partial charge >= 0.3 is 0 Å². The number of rotatable bonds is 37. The van der Waals surface area contributed by atoms with Crippen molar-refractivity contribution in [2.75, 3.05) is 19.8 Å². The van der Waals surface area contributed by atoms with Gasteiger partial charge in [-0.2, -0.15) is 0 Å². The molecule has 0 aromatic carbocycles. The molecule has 49 heavy (non-hydrogen) atoms. The minimum Gasteiger partial charge on any atom is -0.496 e. The van der Waals surface area contributed by atoms with Crippen LogP contribution in [0.1, 0.15) is 201 Å². The van der Waals surface area contributed by atoms with Crippen molar-refractivity contribution in [1.29, 1.82) is 0 Å². The zero-order valence-electron chi connectivity index (χ0n) is 33.0. The first kappa shape index (κ1) is 49.6. The monoisotopic (exact) mass is 693 g/mol. The molecular weight excluding hydrogens is 608 g/mol. The number of aliphatic hydroxyl groups excluding tert-OH is 3. The van der Waals surface area contributed by atoms with E-state index in [1.54, 1.807) is 6.92 Å². The molecule has 0 radical (unpaired) electrons.